The number of hydrogen-bond donors (Lipinski definition) is 0. The van der Waals surface area contributed by atoms with E-state index in [4.69, 9.17) is 4.99 Å². The predicted octanol–water partition coefficient (Wildman–Crippen LogP) is 8.11. The van der Waals surface area contributed by atoms with Gasteiger partial charge in [0.2, 0.25) is 0 Å². The van der Waals surface area contributed by atoms with Gasteiger partial charge in [-0.15, -0.1) is 0 Å². The third-order valence-electron chi connectivity index (χ3n) is 8.61. The number of fused-ring (bicyclic) bond motifs is 8. The van der Waals surface area contributed by atoms with E-state index in [1.54, 1.807) is 0 Å². The lowest BCUT2D eigenvalue weighted by atomic mass is 9.88. The molecule has 0 saturated carbocycles. The van der Waals surface area contributed by atoms with Gasteiger partial charge in [-0.05, 0) is 52.1 Å². The van der Waals surface area contributed by atoms with E-state index in [-0.39, 0.29) is 5.92 Å². The van der Waals surface area contributed by atoms with Crippen molar-refractivity contribution in [2.75, 3.05) is 0 Å². The molecule has 0 spiro atoms. The van der Waals surface area contributed by atoms with Crippen molar-refractivity contribution in [2.24, 2.45) is 4.99 Å². The van der Waals surface area contributed by atoms with Crippen molar-refractivity contribution >= 4 is 48.9 Å². The van der Waals surface area contributed by atoms with Crippen LogP contribution in [0.5, 0.6) is 0 Å². The van der Waals surface area contributed by atoms with Crippen LogP contribution in [-0.4, -0.2) is 4.57 Å². The molecule has 2 aliphatic rings. The number of aromatic nitrogens is 1. The fourth-order valence-electron chi connectivity index (χ4n) is 6.82. The van der Waals surface area contributed by atoms with Gasteiger partial charge in [-0.2, -0.15) is 0 Å². The normalized spacial score (nSPS) is 15.9. The Balaban J connectivity index is 1.31. The van der Waals surface area contributed by atoms with Gasteiger partial charge in [-0.3, -0.25) is 0 Å². The third-order valence-corrected chi connectivity index (χ3v) is 8.61. The van der Waals surface area contributed by atoms with Crippen molar-refractivity contribution in [1.29, 1.82) is 0 Å². The fraction of sp³-hybridized carbons (Fsp3) is 0.0263. The maximum Gasteiger partial charge on any atom is 0.0816 e. The molecule has 1 aromatic heterocycles. The summed E-state index contributed by atoms with van der Waals surface area (Å²) in [6, 6.07) is 43.7. The molecule has 0 amide bonds. The molecule has 9 rings (SSSR count). The molecule has 1 atom stereocenters. The zero-order chi connectivity index (χ0) is 26.2. The first-order valence-corrected chi connectivity index (χ1v) is 13.9. The summed E-state index contributed by atoms with van der Waals surface area (Å²) in [4.78, 5) is 5.34. The standard InChI is InChI=1S/C38H24N2/c1-3-13-27-24(9-1)11-7-16-28(27)26-19-20-30-31-21-22-36-37(38(31)39-33(30)23-26)32-15-5-6-17-35(32)40(36)34-18-8-12-25-10-2-4-14-29(25)34/h1-23,26H. The molecule has 0 saturated heterocycles. The van der Waals surface area contributed by atoms with Crippen molar-refractivity contribution in [1.82, 2.24) is 4.57 Å². The van der Waals surface area contributed by atoms with Gasteiger partial charge in [-0.25, -0.2) is 4.99 Å². The van der Waals surface area contributed by atoms with Crippen LogP contribution in [0.3, 0.4) is 0 Å². The van der Waals surface area contributed by atoms with Crippen molar-refractivity contribution in [2.45, 2.75) is 5.92 Å². The Morgan fingerprint density at radius 3 is 2.15 bits per heavy atom. The molecular weight excluding hydrogens is 484 g/mol. The van der Waals surface area contributed by atoms with Crippen molar-refractivity contribution in [3.05, 3.63) is 161 Å². The topological polar surface area (TPSA) is 17.3 Å². The molecule has 186 valence electrons. The number of hydrogen-bond acceptors (Lipinski definition) is 1. The molecule has 2 heterocycles. The number of benzene rings is 6. The van der Waals surface area contributed by atoms with E-state index in [0.29, 0.717) is 0 Å². The molecule has 7 aromatic rings. The average molecular weight is 509 g/mol. The summed E-state index contributed by atoms with van der Waals surface area (Å²) in [5.41, 5.74) is 7.21. The highest BCUT2D eigenvalue weighted by atomic mass is 15.0. The minimum atomic E-state index is 0.190. The van der Waals surface area contributed by atoms with E-state index in [1.807, 2.05) is 0 Å². The van der Waals surface area contributed by atoms with Gasteiger partial charge in [0.25, 0.3) is 0 Å². The molecule has 1 unspecified atom stereocenters. The first kappa shape index (κ1) is 21.7. The Bertz CT molecular complexity index is 2370. The molecule has 2 nitrogen and oxygen atoms in total. The lowest BCUT2D eigenvalue weighted by Crippen LogP contribution is -2.23. The lowest BCUT2D eigenvalue weighted by molar-refractivity contribution is 1.07. The van der Waals surface area contributed by atoms with Crippen LogP contribution in [-0.2, 0) is 0 Å². The number of rotatable bonds is 2. The van der Waals surface area contributed by atoms with Crippen molar-refractivity contribution < 1.29 is 0 Å². The highest BCUT2D eigenvalue weighted by Crippen LogP contribution is 2.36. The second kappa shape index (κ2) is 8.14. The van der Waals surface area contributed by atoms with E-state index in [1.165, 1.54) is 65.4 Å². The summed E-state index contributed by atoms with van der Waals surface area (Å²) in [6.07, 6.45) is 6.95. The van der Waals surface area contributed by atoms with E-state index >= 15 is 0 Å². The second-order valence-electron chi connectivity index (χ2n) is 10.7. The van der Waals surface area contributed by atoms with E-state index < -0.39 is 0 Å². The zero-order valence-electron chi connectivity index (χ0n) is 21.8. The molecule has 0 radical (unpaired) electrons. The first-order chi connectivity index (χ1) is 19.8. The van der Waals surface area contributed by atoms with Crippen LogP contribution in [0.15, 0.2) is 150 Å². The molecule has 6 aromatic carbocycles. The summed E-state index contributed by atoms with van der Waals surface area (Å²) in [5, 5.41) is 9.82. The van der Waals surface area contributed by atoms with Gasteiger partial charge in [0, 0.05) is 32.9 Å². The van der Waals surface area contributed by atoms with Crippen molar-refractivity contribution in [3.63, 3.8) is 0 Å². The largest absolute Gasteiger partial charge is 0.309 e. The maximum atomic E-state index is 5.34. The molecular formula is C38H24N2. The molecule has 40 heavy (non-hydrogen) atoms. The zero-order valence-corrected chi connectivity index (χ0v) is 21.8. The average Bonchev–Trinajstić information content (AvgIpc) is 3.55. The van der Waals surface area contributed by atoms with E-state index in [0.717, 1.165) is 11.1 Å². The summed E-state index contributed by atoms with van der Waals surface area (Å²) in [7, 11) is 0. The predicted molar refractivity (Wildman–Crippen MR) is 166 cm³/mol. The Labute approximate surface area is 231 Å². The quantitative estimate of drug-likeness (QED) is 0.224. The molecule has 0 bridgehead atoms. The summed E-state index contributed by atoms with van der Waals surface area (Å²) in [6.45, 7) is 0. The van der Waals surface area contributed by atoms with Gasteiger partial charge in [-0.1, -0.05) is 109 Å². The van der Waals surface area contributed by atoms with Crippen LogP contribution < -0.4 is 10.6 Å². The fourth-order valence-corrected chi connectivity index (χ4v) is 6.82. The Hall–Kier alpha value is -5.21. The summed E-state index contributed by atoms with van der Waals surface area (Å²) < 4.78 is 2.42. The van der Waals surface area contributed by atoms with Gasteiger partial charge in [0.1, 0.15) is 0 Å². The SMILES string of the molecule is C1=CC(c2cccc3ccccc23)C=C2N=c3c(ccc4c3c3ccccc3n4-c3cccc4ccccc34)=C12. The first-order valence-electron chi connectivity index (χ1n) is 13.9. The van der Waals surface area contributed by atoms with Gasteiger partial charge < -0.3 is 4.57 Å². The Morgan fingerprint density at radius 1 is 0.575 bits per heavy atom. The molecule has 2 heteroatoms. The van der Waals surface area contributed by atoms with Gasteiger partial charge in [0.15, 0.2) is 0 Å². The summed E-state index contributed by atoms with van der Waals surface area (Å²) >= 11 is 0. The lowest BCUT2D eigenvalue weighted by Gasteiger charge is -2.17. The molecule has 1 aliphatic carbocycles. The van der Waals surface area contributed by atoms with Crippen molar-refractivity contribution in [3.8, 4) is 5.69 Å². The molecule has 1 aliphatic heterocycles. The second-order valence-corrected chi connectivity index (χ2v) is 10.7. The summed E-state index contributed by atoms with van der Waals surface area (Å²) in [5.74, 6) is 0.190. The van der Waals surface area contributed by atoms with Crippen LogP contribution in [0, 0.1) is 0 Å². The molecule has 0 fully saturated rings. The minimum absolute atomic E-state index is 0.190. The monoisotopic (exact) mass is 508 g/mol. The van der Waals surface area contributed by atoms with Gasteiger partial charge >= 0.3 is 0 Å². The molecule has 0 N–H and O–H groups in total. The highest BCUT2D eigenvalue weighted by Gasteiger charge is 2.23. The maximum absolute atomic E-state index is 5.34. The van der Waals surface area contributed by atoms with Gasteiger partial charge in [0.05, 0.1) is 27.8 Å². The van der Waals surface area contributed by atoms with E-state index in [9.17, 15) is 0 Å². The Kier molecular flexibility index (Phi) is 4.42. The highest BCUT2D eigenvalue weighted by molar-refractivity contribution is 6.11. The Morgan fingerprint density at radius 2 is 1.27 bits per heavy atom. The van der Waals surface area contributed by atoms with Crippen LogP contribution in [0.1, 0.15) is 11.5 Å². The smallest absolute Gasteiger partial charge is 0.0816 e. The van der Waals surface area contributed by atoms with Crippen LogP contribution >= 0.6 is 0 Å². The van der Waals surface area contributed by atoms with Crippen LogP contribution in [0.25, 0.3) is 54.6 Å². The van der Waals surface area contributed by atoms with Crippen LogP contribution in [0.4, 0.5) is 0 Å². The number of nitrogens with zero attached hydrogens (tertiary/aromatic N) is 2. The number of allylic oxidation sites excluding steroid dienone is 3. The minimum Gasteiger partial charge on any atom is -0.309 e. The number of para-hydroxylation sites is 1. The van der Waals surface area contributed by atoms with E-state index in [2.05, 4.69) is 144 Å². The third kappa shape index (κ3) is 2.96. The van der Waals surface area contributed by atoms with Crippen LogP contribution in [0.2, 0.25) is 0 Å².